The van der Waals surface area contributed by atoms with E-state index in [-0.39, 0.29) is 17.3 Å². The van der Waals surface area contributed by atoms with Gasteiger partial charge in [0.05, 0.1) is 4.92 Å². The molecule has 1 rings (SSSR count). The van der Waals surface area contributed by atoms with E-state index in [0.29, 0.717) is 18.0 Å². The summed E-state index contributed by atoms with van der Waals surface area (Å²) in [4.78, 5) is 26.3. The SMILES string of the molecule is CNc1cc(C(=O)NC(C)CCS(C)=O)c([N+](=O)[O-])cn1. The van der Waals surface area contributed by atoms with Gasteiger partial charge in [-0.3, -0.25) is 19.1 Å². The molecule has 21 heavy (non-hydrogen) atoms. The van der Waals surface area contributed by atoms with Crippen LogP contribution in [0.3, 0.4) is 0 Å². The number of nitro groups is 1. The Kier molecular flexibility index (Phi) is 6.22. The zero-order valence-corrected chi connectivity index (χ0v) is 12.9. The minimum atomic E-state index is -0.942. The summed E-state index contributed by atoms with van der Waals surface area (Å²) < 4.78 is 11.0. The Bertz CT molecular complexity index is 564. The molecule has 0 fully saturated rings. The lowest BCUT2D eigenvalue weighted by atomic mass is 10.2. The fourth-order valence-corrected chi connectivity index (χ4v) is 2.31. The maximum absolute atomic E-state index is 12.1. The number of aromatic nitrogens is 1. The first kappa shape index (κ1) is 17.0. The van der Waals surface area contributed by atoms with Crippen molar-refractivity contribution in [2.24, 2.45) is 0 Å². The molecule has 116 valence electrons. The standard InChI is InChI=1S/C12H18N4O4S/c1-8(4-5-21(3)20)15-12(17)9-6-11(13-2)14-7-10(9)16(18)19/h6-8H,4-5H2,1-3H3,(H,13,14)(H,15,17). The summed E-state index contributed by atoms with van der Waals surface area (Å²) in [7, 11) is 0.664. The molecule has 9 heteroatoms. The minimum absolute atomic E-state index is 0.0520. The van der Waals surface area contributed by atoms with Crippen molar-refractivity contribution in [3.63, 3.8) is 0 Å². The predicted molar refractivity (Wildman–Crippen MR) is 80.9 cm³/mol. The number of hydrogen-bond donors (Lipinski definition) is 2. The van der Waals surface area contributed by atoms with E-state index < -0.39 is 21.6 Å². The molecule has 1 amide bonds. The number of hydrogen-bond acceptors (Lipinski definition) is 6. The van der Waals surface area contributed by atoms with Crippen LogP contribution in [0, 0.1) is 10.1 Å². The number of carbonyl (C=O) groups excluding carboxylic acids is 1. The van der Waals surface area contributed by atoms with Crippen LogP contribution in [0.15, 0.2) is 12.3 Å². The molecule has 1 heterocycles. The normalized spacial score (nSPS) is 13.3. The van der Waals surface area contributed by atoms with Gasteiger partial charge in [0.1, 0.15) is 17.6 Å². The van der Waals surface area contributed by atoms with Crippen molar-refractivity contribution in [2.75, 3.05) is 24.4 Å². The lowest BCUT2D eigenvalue weighted by Gasteiger charge is -2.13. The molecular formula is C12H18N4O4S. The summed E-state index contributed by atoms with van der Waals surface area (Å²) in [5.41, 5.74) is -0.401. The fourth-order valence-electron chi connectivity index (χ4n) is 1.63. The van der Waals surface area contributed by atoms with Gasteiger partial charge in [-0.2, -0.15) is 0 Å². The van der Waals surface area contributed by atoms with Crippen molar-refractivity contribution in [3.8, 4) is 0 Å². The first-order chi connectivity index (χ1) is 9.85. The van der Waals surface area contributed by atoms with Crippen LogP contribution in [0.25, 0.3) is 0 Å². The quantitative estimate of drug-likeness (QED) is 0.571. The molecule has 0 spiro atoms. The Morgan fingerprint density at radius 1 is 1.57 bits per heavy atom. The molecule has 0 saturated heterocycles. The fraction of sp³-hybridized carbons (Fsp3) is 0.500. The molecule has 0 radical (unpaired) electrons. The zero-order valence-electron chi connectivity index (χ0n) is 12.1. The van der Waals surface area contributed by atoms with Crippen LogP contribution in [0.4, 0.5) is 11.5 Å². The summed E-state index contributed by atoms with van der Waals surface area (Å²) in [6, 6.07) is 1.10. The molecule has 0 bridgehead atoms. The molecule has 0 aliphatic rings. The molecule has 0 saturated carbocycles. The van der Waals surface area contributed by atoms with Crippen molar-refractivity contribution in [3.05, 3.63) is 27.9 Å². The van der Waals surface area contributed by atoms with Crippen molar-refractivity contribution in [1.82, 2.24) is 10.3 Å². The predicted octanol–water partition coefficient (Wildman–Crippen LogP) is 0.918. The molecule has 2 atom stereocenters. The number of rotatable bonds is 7. The smallest absolute Gasteiger partial charge is 0.300 e. The number of nitrogens with zero attached hydrogens (tertiary/aromatic N) is 2. The highest BCUT2D eigenvalue weighted by atomic mass is 32.2. The van der Waals surface area contributed by atoms with Gasteiger partial charge in [-0.15, -0.1) is 0 Å². The second kappa shape index (κ2) is 7.67. The van der Waals surface area contributed by atoms with E-state index in [1.165, 1.54) is 6.07 Å². The molecule has 1 aromatic heterocycles. The van der Waals surface area contributed by atoms with Crippen molar-refractivity contribution >= 4 is 28.2 Å². The van der Waals surface area contributed by atoms with Crippen LogP contribution in [-0.4, -0.2) is 45.1 Å². The van der Waals surface area contributed by atoms with Gasteiger partial charge < -0.3 is 10.6 Å². The van der Waals surface area contributed by atoms with E-state index in [4.69, 9.17) is 0 Å². The van der Waals surface area contributed by atoms with Crippen molar-refractivity contribution < 1.29 is 13.9 Å². The van der Waals surface area contributed by atoms with Gasteiger partial charge in [0, 0.05) is 42.0 Å². The number of anilines is 1. The molecule has 0 aromatic carbocycles. The molecule has 2 unspecified atom stereocenters. The summed E-state index contributed by atoms with van der Waals surface area (Å²) in [6.45, 7) is 1.76. The Labute approximate surface area is 124 Å². The van der Waals surface area contributed by atoms with Crippen molar-refractivity contribution in [1.29, 1.82) is 0 Å². The molecule has 1 aromatic rings. The number of nitrogens with one attached hydrogen (secondary N) is 2. The van der Waals surface area contributed by atoms with Crippen LogP contribution in [0.2, 0.25) is 0 Å². The highest BCUT2D eigenvalue weighted by molar-refractivity contribution is 7.84. The van der Waals surface area contributed by atoms with E-state index in [9.17, 15) is 19.1 Å². The van der Waals surface area contributed by atoms with Gasteiger partial charge in [0.25, 0.3) is 11.6 Å². The number of carbonyl (C=O) groups is 1. The van der Waals surface area contributed by atoms with Gasteiger partial charge in [-0.1, -0.05) is 0 Å². The maximum atomic E-state index is 12.1. The van der Waals surface area contributed by atoms with Gasteiger partial charge in [-0.25, -0.2) is 4.98 Å². The lowest BCUT2D eigenvalue weighted by Crippen LogP contribution is -2.34. The average Bonchev–Trinajstić information content (AvgIpc) is 2.44. The highest BCUT2D eigenvalue weighted by Crippen LogP contribution is 2.20. The van der Waals surface area contributed by atoms with E-state index in [1.54, 1.807) is 20.2 Å². The van der Waals surface area contributed by atoms with Gasteiger partial charge in [0.2, 0.25) is 0 Å². The van der Waals surface area contributed by atoms with Crippen LogP contribution >= 0.6 is 0 Å². The molecule has 0 aliphatic heterocycles. The second-order valence-electron chi connectivity index (χ2n) is 4.53. The number of pyridine rings is 1. The van der Waals surface area contributed by atoms with E-state index in [2.05, 4.69) is 15.6 Å². The first-order valence-corrected chi connectivity index (χ1v) is 8.01. The van der Waals surface area contributed by atoms with Crippen LogP contribution in [0.1, 0.15) is 23.7 Å². The van der Waals surface area contributed by atoms with E-state index >= 15 is 0 Å². The monoisotopic (exact) mass is 314 g/mol. The number of amides is 1. The van der Waals surface area contributed by atoms with Gasteiger partial charge in [0.15, 0.2) is 0 Å². The summed E-state index contributed by atoms with van der Waals surface area (Å²) in [5.74, 6) is 0.282. The Morgan fingerprint density at radius 3 is 2.76 bits per heavy atom. The lowest BCUT2D eigenvalue weighted by molar-refractivity contribution is -0.385. The maximum Gasteiger partial charge on any atom is 0.300 e. The molecule has 0 aliphatic carbocycles. The molecular weight excluding hydrogens is 296 g/mol. The highest BCUT2D eigenvalue weighted by Gasteiger charge is 2.22. The molecule has 2 N–H and O–H groups in total. The second-order valence-corrected chi connectivity index (χ2v) is 6.09. The summed E-state index contributed by atoms with van der Waals surface area (Å²) >= 11 is 0. The third-order valence-electron chi connectivity index (χ3n) is 2.80. The third-order valence-corrected chi connectivity index (χ3v) is 3.61. The third kappa shape index (κ3) is 5.10. The Balaban J connectivity index is 2.89. The minimum Gasteiger partial charge on any atom is -0.373 e. The summed E-state index contributed by atoms with van der Waals surface area (Å²) in [5, 5.41) is 16.3. The van der Waals surface area contributed by atoms with Crippen LogP contribution in [-0.2, 0) is 10.8 Å². The van der Waals surface area contributed by atoms with Gasteiger partial charge >= 0.3 is 0 Å². The Morgan fingerprint density at radius 2 is 2.24 bits per heavy atom. The first-order valence-electron chi connectivity index (χ1n) is 6.28. The van der Waals surface area contributed by atoms with Crippen molar-refractivity contribution in [2.45, 2.75) is 19.4 Å². The van der Waals surface area contributed by atoms with Crippen LogP contribution < -0.4 is 10.6 Å². The average molecular weight is 314 g/mol. The van der Waals surface area contributed by atoms with Crippen LogP contribution in [0.5, 0.6) is 0 Å². The summed E-state index contributed by atoms with van der Waals surface area (Å²) in [6.07, 6.45) is 3.17. The van der Waals surface area contributed by atoms with Gasteiger partial charge in [-0.05, 0) is 13.3 Å². The Hall–Kier alpha value is -2.03. The van der Waals surface area contributed by atoms with E-state index in [1.807, 2.05) is 0 Å². The topological polar surface area (TPSA) is 114 Å². The largest absolute Gasteiger partial charge is 0.373 e. The molecule has 8 nitrogen and oxygen atoms in total. The zero-order chi connectivity index (χ0) is 16.0. The van der Waals surface area contributed by atoms with E-state index in [0.717, 1.165) is 6.20 Å².